The van der Waals surface area contributed by atoms with E-state index in [9.17, 15) is 14.3 Å². The maximum absolute atomic E-state index is 14.0. The average Bonchev–Trinajstić information content (AvgIpc) is 2.80. The minimum atomic E-state index is -1.11. The molecule has 0 aliphatic heterocycles. The number of aryl methyl sites for hydroxylation is 1. The van der Waals surface area contributed by atoms with Crippen molar-refractivity contribution in [2.24, 2.45) is 5.92 Å². The van der Waals surface area contributed by atoms with E-state index in [1.807, 2.05) is 0 Å². The highest BCUT2D eigenvalue weighted by atomic mass is 79.9. The normalized spacial score (nSPS) is 11.1. The van der Waals surface area contributed by atoms with Gasteiger partial charge in [0, 0.05) is 22.8 Å². The number of carboxylic acid groups (broad SMARTS) is 1. The third kappa shape index (κ3) is 3.69. The molecule has 4 nitrogen and oxygen atoms in total. The smallest absolute Gasteiger partial charge is 0.339 e. The second kappa shape index (κ2) is 6.39. The number of aromatic carboxylic acids is 1. The first-order valence-electron chi connectivity index (χ1n) is 6.64. The molecule has 0 saturated heterocycles. The van der Waals surface area contributed by atoms with Crippen molar-refractivity contribution in [1.82, 2.24) is 9.78 Å². The van der Waals surface area contributed by atoms with Crippen LogP contribution in [0.25, 0.3) is 11.3 Å². The van der Waals surface area contributed by atoms with Crippen molar-refractivity contribution < 1.29 is 14.3 Å². The number of carbonyl (C=O) groups is 1. The van der Waals surface area contributed by atoms with Crippen molar-refractivity contribution in [2.75, 3.05) is 0 Å². The Morgan fingerprint density at radius 2 is 2.19 bits per heavy atom. The van der Waals surface area contributed by atoms with E-state index in [1.54, 1.807) is 10.7 Å². The fourth-order valence-corrected chi connectivity index (χ4v) is 2.30. The average molecular weight is 355 g/mol. The Labute approximate surface area is 130 Å². The van der Waals surface area contributed by atoms with Crippen LogP contribution in [0.1, 0.15) is 30.6 Å². The first-order chi connectivity index (χ1) is 9.88. The minimum Gasteiger partial charge on any atom is -0.478 e. The topological polar surface area (TPSA) is 55.1 Å². The van der Waals surface area contributed by atoms with Crippen molar-refractivity contribution in [2.45, 2.75) is 26.8 Å². The molecule has 1 heterocycles. The number of hydrogen-bond donors (Lipinski definition) is 1. The van der Waals surface area contributed by atoms with Crippen molar-refractivity contribution in [3.63, 3.8) is 0 Å². The lowest BCUT2D eigenvalue weighted by Crippen LogP contribution is -2.02. The molecule has 0 radical (unpaired) electrons. The first kappa shape index (κ1) is 15.7. The van der Waals surface area contributed by atoms with E-state index in [-0.39, 0.29) is 16.8 Å². The fraction of sp³-hybridized carbons (Fsp3) is 0.333. The van der Waals surface area contributed by atoms with Crippen LogP contribution in [0, 0.1) is 11.7 Å². The number of rotatable bonds is 5. The number of benzene rings is 1. The summed E-state index contributed by atoms with van der Waals surface area (Å²) < 4.78 is 16.2. The summed E-state index contributed by atoms with van der Waals surface area (Å²) in [6.45, 7) is 4.77. The highest BCUT2D eigenvalue weighted by Gasteiger charge is 2.19. The van der Waals surface area contributed by atoms with Gasteiger partial charge in [0.1, 0.15) is 17.1 Å². The van der Waals surface area contributed by atoms with E-state index in [1.165, 1.54) is 18.3 Å². The van der Waals surface area contributed by atoms with Crippen molar-refractivity contribution in [3.8, 4) is 11.3 Å². The number of hydrogen-bond acceptors (Lipinski definition) is 2. The van der Waals surface area contributed by atoms with Gasteiger partial charge in [-0.05, 0) is 30.5 Å². The second-order valence-electron chi connectivity index (χ2n) is 5.27. The Kier molecular flexibility index (Phi) is 4.77. The van der Waals surface area contributed by atoms with Crippen LogP contribution < -0.4 is 0 Å². The monoisotopic (exact) mass is 354 g/mol. The van der Waals surface area contributed by atoms with Gasteiger partial charge in [-0.15, -0.1) is 0 Å². The van der Waals surface area contributed by atoms with Crippen molar-refractivity contribution >= 4 is 21.9 Å². The molecular formula is C15H16BrFN2O2. The highest BCUT2D eigenvalue weighted by Crippen LogP contribution is 2.27. The van der Waals surface area contributed by atoms with Gasteiger partial charge in [-0.3, -0.25) is 4.68 Å². The van der Waals surface area contributed by atoms with Crippen molar-refractivity contribution in [3.05, 3.63) is 40.2 Å². The molecule has 0 fully saturated rings. The van der Waals surface area contributed by atoms with E-state index in [2.05, 4.69) is 34.9 Å². The van der Waals surface area contributed by atoms with E-state index >= 15 is 0 Å². The predicted molar refractivity (Wildman–Crippen MR) is 81.7 cm³/mol. The van der Waals surface area contributed by atoms with E-state index in [0.717, 1.165) is 6.42 Å². The zero-order valence-corrected chi connectivity index (χ0v) is 13.4. The summed E-state index contributed by atoms with van der Waals surface area (Å²) in [7, 11) is 0. The number of nitrogens with zero attached hydrogens (tertiary/aromatic N) is 2. The molecule has 2 rings (SSSR count). The van der Waals surface area contributed by atoms with Crippen LogP contribution in [0.4, 0.5) is 4.39 Å². The van der Waals surface area contributed by atoms with Gasteiger partial charge in [-0.2, -0.15) is 5.10 Å². The molecule has 0 bridgehead atoms. The van der Waals surface area contributed by atoms with Crippen LogP contribution in [0.15, 0.2) is 28.9 Å². The Balaban J connectivity index is 2.43. The molecule has 0 aliphatic rings. The summed E-state index contributed by atoms with van der Waals surface area (Å²) in [5.74, 6) is -1.13. The SMILES string of the molecule is CC(C)CCn1cc(C(=O)O)c(-c2ccc(Br)cc2F)n1. The molecule has 0 amide bonds. The van der Waals surface area contributed by atoms with Crippen LogP contribution in [-0.2, 0) is 6.54 Å². The maximum Gasteiger partial charge on any atom is 0.339 e. The molecule has 0 spiro atoms. The quantitative estimate of drug-likeness (QED) is 0.875. The summed E-state index contributed by atoms with van der Waals surface area (Å²) in [4.78, 5) is 11.3. The van der Waals surface area contributed by atoms with Crippen LogP contribution >= 0.6 is 15.9 Å². The third-order valence-electron chi connectivity index (χ3n) is 3.11. The van der Waals surface area contributed by atoms with Gasteiger partial charge in [-0.25, -0.2) is 9.18 Å². The molecule has 1 aromatic carbocycles. The Morgan fingerprint density at radius 1 is 1.48 bits per heavy atom. The predicted octanol–water partition coefficient (Wildman–Crippen LogP) is 4.20. The summed E-state index contributed by atoms with van der Waals surface area (Å²) in [5.41, 5.74) is 0.370. The largest absolute Gasteiger partial charge is 0.478 e. The second-order valence-corrected chi connectivity index (χ2v) is 6.18. The molecule has 6 heteroatoms. The van der Waals surface area contributed by atoms with Crippen LogP contribution in [0.2, 0.25) is 0 Å². The van der Waals surface area contributed by atoms with Gasteiger partial charge in [0.15, 0.2) is 0 Å². The van der Waals surface area contributed by atoms with Gasteiger partial charge >= 0.3 is 5.97 Å². The van der Waals surface area contributed by atoms with Crippen molar-refractivity contribution in [1.29, 1.82) is 0 Å². The summed E-state index contributed by atoms with van der Waals surface area (Å²) in [6.07, 6.45) is 2.34. The van der Waals surface area contributed by atoms with Crippen LogP contribution in [0.3, 0.4) is 0 Å². The van der Waals surface area contributed by atoms with Gasteiger partial charge in [0.2, 0.25) is 0 Å². The summed E-state index contributed by atoms with van der Waals surface area (Å²) >= 11 is 3.18. The minimum absolute atomic E-state index is 0.0139. The third-order valence-corrected chi connectivity index (χ3v) is 3.61. The fourth-order valence-electron chi connectivity index (χ4n) is 1.96. The Morgan fingerprint density at radius 3 is 2.76 bits per heavy atom. The zero-order valence-electron chi connectivity index (χ0n) is 11.8. The zero-order chi connectivity index (χ0) is 15.6. The molecule has 1 N–H and O–H groups in total. The van der Waals surface area contributed by atoms with Crippen LogP contribution in [0.5, 0.6) is 0 Å². The first-order valence-corrected chi connectivity index (χ1v) is 7.44. The lowest BCUT2D eigenvalue weighted by Gasteiger charge is -2.04. The molecule has 0 unspecified atom stereocenters. The number of halogens is 2. The molecule has 0 aliphatic carbocycles. The standard InChI is InChI=1S/C15H16BrFN2O2/c1-9(2)5-6-19-8-12(15(20)21)14(18-19)11-4-3-10(16)7-13(11)17/h3-4,7-9H,5-6H2,1-2H3,(H,20,21). The molecular weight excluding hydrogens is 339 g/mol. The molecule has 2 aromatic rings. The Bertz CT molecular complexity index is 668. The molecule has 112 valence electrons. The molecule has 21 heavy (non-hydrogen) atoms. The van der Waals surface area contributed by atoms with Gasteiger partial charge < -0.3 is 5.11 Å². The lowest BCUT2D eigenvalue weighted by atomic mass is 10.1. The van der Waals surface area contributed by atoms with Gasteiger partial charge in [0.05, 0.1) is 0 Å². The van der Waals surface area contributed by atoms with E-state index < -0.39 is 11.8 Å². The van der Waals surface area contributed by atoms with Crippen LogP contribution in [-0.4, -0.2) is 20.9 Å². The lowest BCUT2D eigenvalue weighted by molar-refractivity contribution is 0.0697. The summed E-state index contributed by atoms with van der Waals surface area (Å²) in [6, 6.07) is 4.49. The molecule has 1 aromatic heterocycles. The maximum atomic E-state index is 14.0. The van der Waals surface area contributed by atoms with E-state index in [4.69, 9.17) is 0 Å². The van der Waals surface area contributed by atoms with Gasteiger partial charge in [-0.1, -0.05) is 29.8 Å². The summed E-state index contributed by atoms with van der Waals surface area (Å²) in [5, 5.41) is 13.5. The molecule has 0 atom stereocenters. The molecule has 0 saturated carbocycles. The Hall–Kier alpha value is -1.69. The highest BCUT2D eigenvalue weighted by molar-refractivity contribution is 9.10. The number of carboxylic acids is 1. The van der Waals surface area contributed by atoms with E-state index in [0.29, 0.717) is 16.9 Å². The van der Waals surface area contributed by atoms with Gasteiger partial charge in [0.25, 0.3) is 0 Å². The number of aromatic nitrogens is 2.